The summed E-state index contributed by atoms with van der Waals surface area (Å²) >= 11 is 0. The minimum Gasteiger partial charge on any atom is -0.504 e. The lowest BCUT2D eigenvalue weighted by atomic mass is 9.89. The molecule has 0 radical (unpaired) electrons. The predicted octanol–water partition coefficient (Wildman–Crippen LogP) is 6.32. The molecule has 1 fully saturated rings. The molecule has 5 rings (SSSR count). The monoisotopic (exact) mass is 481 g/mol. The molecule has 1 aliphatic rings. The lowest BCUT2D eigenvalue weighted by Gasteiger charge is -2.26. The molecule has 0 atom stereocenters. The van der Waals surface area contributed by atoms with E-state index in [1.54, 1.807) is 19.1 Å². The van der Waals surface area contributed by atoms with Crippen molar-refractivity contribution in [2.45, 2.75) is 25.7 Å². The third kappa shape index (κ3) is 3.83. The number of hydrogen-bond acceptors (Lipinski definition) is 3. The highest BCUT2D eigenvalue weighted by atomic mass is 19.1. The SMILES string of the molecule is Cc1cc(-n2c(C3CCOCC3)c(-c3ccc(C(=O)O)c(F)c3)c3c(O)c(F)ccc32)ccc1F. The van der Waals surface area contributed by atoms with Crippen molar-refractivity contribution in [1.29, 1.82) is 0 Å². The number of carboxylic acid groups (broad SMARTS) is 1. The number of aromatic nitrogens is 1. The van der Waals surface area contributed by atoms with Gasteiger partial charge in [0.25, 0.3) is 0 Å². The van der Waals surface area contributed by atoms with Gasteiger partial charge in [0.1, 0.15) is 11.6 Å². The van der Waals surface area contributed by atoms with Gasteiger partial charge >= 0.3 is 5.97 Å². The van der Waals surface area contributed by atoms with Gasteiger partial charge in [0, 0.05) is 36.1 Å². The summed E-state index contributed by atoms with van der Waals surface area (Å²) in [4.78, 5) is 11.4. The molecule has 4 aromatic rings. The number of carbonyl (C=O) groups is 1. The molecule has 0 amide bonds. The summed E-state index contributed by atoms with van der Waals surface area (Å²) in [7, 11) is 0. The summed E-state index contributed by atoms with van der Waals surface area (Å²) in [5, 5.41) is 20.3. The molecule has 5 nitrogen and oxygen atoms in total. The van der Waals surface area contributed by atoms with Gasteiger partial charge in [-0.25, -0.2) is 18.0 Å². The second-order valence-electron chi connectivity index (χ2n) is 8.71. The summed E-state index contributed by atoms with van der Waals surface area (Å²) < 4.78 is 50.9. The zero-order chi connectivity index (χ0) is 24.9. The van der Waals surface area contributed by atoms with Crippen molar-refractivity contribution < 1.29 is 32.9 Å². The largest absolute Gasteiger partial charge is 0.504 e. The average molecular weight is 481 g/mol. The van der Waals surface area contributed by atoms with Crippen LogP contribution in [0.4, 0.5) is 13.2 Å². The van der Waals surface area contributed by atoms with Crippen molar-refractivity contribution in [3.63, 3.8) is 0 Å². The predicted molar refractivity (Wildman–Crippen MR) is 125 cm³/mol. The Balaban J connectivity index is 1.91. The quantitative estimate of drug-likeness (QED) is 0.358. The van der Waals surface area contributed by atoms with Crippen LogP contribution in [0.3, 0.4) is 0 Å². The number of rotatable bonds is 4. The first-order valence-corrected chi connectivity index (χ1v) is 11.2. The number of aromatic hydroxyl groups is 1. The molecule has 3 aromatic carbocycles. The van der Waals surface area contributed by atoms with E-state index in [1.165, 1.54) is 18.2 Å². The highest BCUT2D eigenvalue weighted by Crippen LogP contribution is 2.47. The summed E-state index contributed by atoms with van der Waals surface area (Å²) in [5.41, 5.74) is 2.39. The number of benzene rings is 3. The van der Waals surface area contributed by atoms with Gasteiger partial charge in [-0.1, -0.05) is 6.07 Å². The van der Waals surface area contributed by atoms with E-state index in [2.05, 4.69) is 0 Å². The number of carboxylic acids is 1. The maximum atomic E-state index is 14.8. The normalized spacial score (nSPS) is 14.5. The Kier molecular flexibility index (Phi) is 5.76. The van der Waals surface area contributed by atoms with Gasteiger partial charge in [-0.15, -0.1) is 0 Å². The summed E-state index contributed by atoms with van der Waals surface area (Å²) in [6.45, 7) is 2.61. The van der Waals surface area contributed by atoms with Crippen LogP contribution in [0.15, 0.2) is 48.5 Å². The first-order valence-electron chi connectivity index (χ1n) is 11.2. The number of hydrogen-bond donors (Lipinski definition) is 2. The van der Waals surface area contributed by atoms with Gasteiger partial charge in [-0.05, 0) is 73.4 Å². The fraction of sp³-hybridized carbons (Fsp3) is 0.222. The van der Waals surface area contributed by atoms with E-state index in [-0.39, 0.29) is 17.1 Å². The second-order valence-corrected chi connectivity index (χ2v) is 8.71. The van der Waals surface area contributed by atoms with E-state index in [0.717, 1.165) is 18.2 Å². The van der Waals surface area contributed by atoms with Crippen molar-refractivity contribution in [2.75, 3.05) is 13.2 Å². The molecule has 0 spiro atoms. The van der Waals surface area contributed by atoms with E-state index in [9.17, 15) is 28.2 Å². The van der Waals surface area contributed by atoms with Crippen LogP contribution in [-0.2, 0) is 4.74 Å². The van der Waals surface area contributed by atoms with Crippen LogP contribution >= 0.6 is 0 Å². The number of fused-ring (bicyclic) bond motifs is 1. The Bertz CT molecular complexity index is 1470. The minimum absolute atomic E-state index is 0.0961. The average Bonchev–Trinajstić information content (AvgIpc) is 3.19. The first-order chi connectivity index (χ1) is 16.8. The zero-order valence-corrected chi connectivity index (χ0v) is 18.8. The topological polar surface area (TPSA) is 71.7 Å². The Morgan fingerprint density at radius 3 is 2.34 bits per heavy atom. The van der Waals surface area contributed by atoms with E-state index in [1.807, 2.05) is 4.57 Å². The van der Waals surface area contributed by atoms with Crippen LogP contribution in [-0.4, -0.2) is 34.0 Å². The zero-order valence-electron chi connectivity index (χ0n) is 18.8. The van der Waals surface area contributed by atoms with E-state index < -0.39 is 28.9 Å². The summed E-state index contributed by atoms with van der Waals surface area (Å²) in [5.74, 6) is -4.25. The van der Waals surface area contributed by atoms with Crippen molar-refractivity contribution in [3.8, 4) is 22.6 Å². The second kappa shape index (κ2) is 8.78. The van der Waals surface area contributed by atoms with Crippen LogP contribution in [0.1, 0.15) is 40.4 Å². The van der Waals surface area contributed by atoms with Gasteiger partial charge in [0.2, 0.25) is 0 Å². The number of nitrogens with zero attached hydrogens (tertiary/aromatic N) is 1. The molecule has 8 heteroatoms. The molecule has 35 heavy (non-hydrogen) atoms. The third-order valence-corrected chi connectivity index (χ3v) is 6.59. The molecule has 1 aromatic heterocycles. The Morgan fingerprint density at radius 2 is 1.69 bits per heavy atom. The van der Waals surface area contributed by atoms with Crippen LogP contribution in [0.25, 0.3) is 27.7 Å². The lowest BCUT2D eigenvalue weighted by Crippen LogP contribution is -2.17. The maximum Gasteiger partial charge on any atom is 0.338 e. The van der Waals surface area contributed by atoms with Crippen LogP contribution in [0, 0.1) is 24.4 Å². The molecule has 180 valence electrons. The van der Waals surface area contributed by atoms with E-state index >= 15 is 0 Å². The van der Waals surface area contributed by atoms with E-state index in [4.69, 9.17) is 4.74 Å². The standard InChI is InChI=1S/C27H22F3NO4/c1-14-12-17(3-5-19(14)28)31-22-7-6-20(29)26(32)24(22)23(25(31)15-8-10-35-11-9-15)16-2-4-18(27(33)34)21(30)13-16/h2-7,12-13,15,32H,8-11H2,1H3,(H,33,34). The Labute approximate surface area is 199 Å². The molecule has 0 saturated carbocycles. The lowest BCUT2D eigenvalue weighted by molar-refractivity contribution is 0.0692. The minimum atomic E-state index is -1.41. The molecular weight excluding hydrogens is 459 g/mol. The Hall–Kier alpha value is -3.78. The summed E-state index contributed by atoms with van der Waals surface area (Å²) in [6, 6.07) is 11.0. The molecular formula is C27H22F3NO4. The van der Waals surface area contributed by atoms with Gasteiger partial charge in [0.05, 0.1) is 16.5 Å². The highest BCUT2D eigenvalue weighted by Gasteiger charge is 2.30. The number of phenols is 1. The molecule has 0 unspecified atom stereocenters. The number of ether oxygens (including phenoxy) is 1. The number of aromatic carboxylic acids is 1. The van der Waals surface area contributed by atoms with Crippen LogP contribution in [0.5, 0.6) is 5.75 Å². The van der Waals surface area contributed by atoms with Gasteiger partial charge in [0.15, 0.2) is 11.6 Å². The molecule has 1 saturated heterocycles. The highest BCUT2D eigenvalue weighted by molar-refractivity contribution is 6.04. The smallest absolute Gasteiger partial charge is 0.338 e. The van der Waals surface area contributed by atoms with Gasteiger partial charge in [-0.3, -0.25) is 0 Å². The number of aryl methyl sites for hydroxylation is 1. The molecule has 2 N–H and O–H groups in total. The number of phenolic OH excluding ortho intramolecular Hbond substituents is 1. The van der Waals surface area contributed by atoms with Crippen molar-refractivity contribution in [3.05, 3.63) is 82.8 Å². The molecule has 0 bridgehead atoms. The molecule has 0 aliphatic carbocycles. The molecule has 2 heterocycles. The fourth-order valence-electron chi connectivity index (χ4n) is 4.90. The fourth-order valence-corrected chi connectivity index (χ4v) is 4.90. The van der Waals surface area contributed by atoms with Gasteiger partial charge in [-0.2, -0.15) is 0 Å². The number of halogens is 3. The van der Waals surface area contributed by atoms with Crippen LogP contribution in [0.2, 0.25) is 0 Å². The van der Waals surface area contributed by atoms with Gasteiger partial charge < -0.3 is 19.5 Å². The first kappa shape index (κ1) is 23.0. The van der Waals surface area contributed by atoms with E-state index in [0.29, 0.717) is 59.6 Å². The summed E-state index contributed by atoms with van der Waals surface area (Å²) in [6.07, 6.45) is 1.25. The van der Waals surface area contributed by atoms with Crippen molar-refractivity contribution >= 4 is 16.9 Å². The molecule has 1 aliphatic heterocycles. The van der Waals surface area contributed by atoms with Crippen molar-refractivity contribution in [1.82, 2.24) is 4.57 Å². The third-order valence-electron chi connectivity index (χ3n) is 6.59. The Morgan fingerprint density at radius 1 is 0.971 bits per heavy atom. The van der Waals surface area contributed by atoms with Crippen molar-refractivity contribution in [2.24, 2.45) is 0 Å². The van der Waals surface area contributed by atoms with Crippen LogP contribution < -0.4 is 0 Å². The maximum absolute atomic E-state index is 14.8.